The summed E-state index contributed by atoms with van der Waals surface area (Å²) < 4.78 is 2.17. The van der Waals surface area contributed by atoms with E-state index in [0.717, 1.165) is 38.1 Å². The Labute approximate surface area is 242 Å². The lowest BCUT2D eigenvalue weighted by atomic mass is 9.96. The molecule has 5 aromatic carbocycles. The maximum atomic E-state index is 13.9. The summed E-state index contributed by atoms with van der Waals surface area (Å²) in [5.41, 5.74) is 4.98. The van der Waals surface area contributed by atoms with E-state index in [0.29, 0.717) is 28.8 Å². The van der Waals surface area contributed by atoms with Gasteiger partial charge in [-0.15, -0.1) is 0 Å². The van der Waals surface area contributed by atoms with Crippen LogP contribution < -0.4 is 0 Å². The highest BCUT2D eigenvalue weighted by atomic mass is 16.7. The van der Waals surface area contributed by atoms with Crippen molar-refractivity contribution in [3.8, 4) is 0 Å². The van der Waals surface area contributed by atoms with Gasteiger partial charge in [0, 0.05) is 57.5 Å². The first-order chi connectivity index (χ1) is 20.4. The van der Waals surface area contributed by atoms with E-state index in [1.807, 2.05) is 97.9 Å². The molecule has 0 radical (unpaired) electrons. The van der Waals surface area contributed by atoms with Crippen LogP contribution in [0.5, 0.6) is 0 Å². The molecule has 6 aromatic rings. The van der Waals surface area contributed by atoms with Gasteiger partial charge in [0.15, 0.2) is 11.5 Å². The fraction of sp³-hybridized carbons (Fsp3) is 0.111. The fourth-order valence-corrected chi connectivity index (χ4v) is 5.52. The van der Waals surface area contributed by atoms with Crippen LogP contribution in [-0.4, -0.2) is 27.8 Å². The number of hydrogen-bond donors (Lipinski definition) is 0. The van der Waals surface area contributed by atoms with Gasteiger partial charge in [0.2, 0.25) is 5.78 Å². The second kappa shape index (κ2) is 10.9. The number of ketones is 2. The molecule has 6 rings (SSSR count). The SMILES string of the molecule is CCn1c2ccc(C(=O)/C(=N/OC(C)=O)c3ccccc3C)cc2c2cc(C(=O)c3ccc4ccccc4c3)ccc21. The summed E-state index contributed by atoms with van der Waals surface area (Å²) in [5, 5.41) is 7.77. The fourth-order valence-electron chi connectivity index (χ4n) is 5.52. The van der Waals surface area contributed by atoms with Crippen LogP contribution in [0, 0.1) is 6.92 Å². The number of fused-ring (bicyclic) bond motifs is 4. The first-order valence-corrected chi connectivity index (χ1v) is 13.8. The van der Waals surface area contributed by atoms with Crippen molar-refractivity contribution in [2.75, 3.05) is 0 Å². The third-order valence-corrected chi connectivity index (χ3v) is 7.60. The number of hydrogen-bond acceptors (Lipinski definition) is 5. The van der Waals surface area contributed by atoms with Crippen LogP contribution in [0.1, 0.15) is 51.3 Å². The maximum absolute atomic E-state index is 13.9. The lowest BCUT2D eigenvalue weighted by molar-refractivity contribution is -0.140. The zero-order chi connectivity index (χ0) is 29.4. The minimum Gasteiger partial charge on any atom is -0.341 e. The van der Waals surface area contributed by atoms with Gasteiger partial charge in [-0.3, -0.25) is 9.59 Å². The highest BCUT2D eigenvalue weighted by Gasteiger charge is 2.22. The summed E-state index contributed by atoms with van der Waals surface area (Å²) >= 11 is 0. The monoisotopic (exact) mass is 552 g/mol. The number of oxime groups is 1. The second-order valence-electron chi connectivity index (χ2n) is 10.3. The molecule has 0 spiro atoms. The predicted molar refractivity (Wildman–Crippen MR) is 166 cm³/mol. The molecule has 1 heterocycles. The first-order valence-electron chi connectivity index (χ1n) is 13.8. The molecule has 0 aliphatic heterocycles. The standard InChI is InChI=1S/C36H28N2O4/c1-4-38-32-17-15-27(35(40)26-14-13-24-10-6-7-11-25(24)19-26)20-30(32)31-21-28(16-18-33(31)38)36(41)34(37-42-23(3)39)29-12-8-5-9-22(29)2/h5-21H,4H2,1-3H3/b37-34+. The van der Waals surface area contributed by atoms with E-state index in [1.165, 1.54) is 6.92 Å². The number of carbonyl (C=O) groups excluding carboxylic acids is 3. The Morgan fingerprint density at radius 3 is 2.00 bits per heavy atom. The molecule has 0 aliphatic rings. The Bertz CT molecular complexity index is 2080. The molecular formula is C36H28N2O4. The normalized spacial score (nSPS) is 11.7. The molecule has 42 heavy (non-hydrogen) atoms. The van der Waals surface area contributed by atoms with Crippen LogP contribution in [0.3, 0.4) is 0 Å². The molecule has 0 atom stereocenters. The van der Waals surface area contributed by atoms with E-state index >= 15 is 0 Å². The number of rotatable bonds is 7. The molecule has 0 saturated heterocycles. The minimum absolute atomic E-state index is 0.0500. The summed E-state index contributed by atoms with van der Waals surface area (Å²) in [4.78, 5) is 44.0. The van der Waals surface area contributed by atoms with E-state index in [9.17, 15) is 14.4 Å². The summed E-state index contributed by atoms with van der Waals surface area (Å²) in [6.07, 6.45) is 0. The maximum Gasteiger partial charge on any atom is 0.332 e. The van der Waals surface area contributed by atoms with Gasteiger partial charge in [0.05, 0.1) is 0 Å². The number of aryl methyl sites for hydroxylation is 2. The van der Waals surface area contributed by atoms with Crippen molar-refractivity contribution >= 4 is 55.8 Å². The summed E-state index contributed by atoms with van der Waals surface area (Å²) in [5.74, 6) is -1.05. The van der Waals surface area contributed by atoms with Crippen molar-refractivity contribution in [3.05, 3.63) is 131 Å². The van der Waals surface area contributed by atoms with Crippen LogP contribution in [-0.2, 0) is 16.2 Å². The quantitative estimate of drug-likeness (QED) is 0.0882. The molecule has 0 N–H and O–H groups in total. The lowest BCUT2D eigenvalue weighted by Crippen LogP contribution is -2.18. The van der Waals surface area contributed by atoms with Crippen molar-refractivity contribution in [1.82, 2.24) is 4.57 Å². The van der Waals surface area contributed by atoms with Crippen molar-refractivity contribution in [2.24, 2.45) is 5.16 Å². The summed E-state index contributed by atoms with van der Waals surface area (Å²) in [6, 6.07) is 32.3. The molecule has 6 nitrogen and oxygen atoms in total. The molecule has 0 bridgehead atoms. The molecule has 6 heteroatoms. The topological polar surface area (TPSA) is 77.7 Å². The number of carbonyl (C=O) groups is 3. The van der Waals surface area contributed by atoms with Crippen molar-refractivity contribution in [1.29, 1.82) is 0 Å². The Kier molecular flexibility index (Phi) is 6.97. The van der Waals surface area contributed by atoms with Gasteiger partial charge in [-0.25, -0.2) is 4.79 Å². The van der Waals surface area contributed by atoms with E-state index in [2.05, 4.69) is 16.6 Å². The van der Waals surface area contributed by atoms with Crippen molar-refractivity contribution in [3.63, 3.8) is 0 Å². The minimum atomic E-state index is -0.612. The molecule has 1 aromatic heterocycles. The van der Waals surface area contributed by atoms with Gasteiger partial charge >= 0.3 is 5.97 Å². The largest absolute Gasteiger partial charge is 0.341 e. The van der Waals surface area contributed by atoms with Crippen LogP contribution in [0.15, 0.2) is 108 Å². The number of Topliss-reactive ketones (excluding diaryl/α,β-unsaturated/α-hetero) is 1. The Morgan fingerprint density at radius 2 is 1.31 bits per heavy atom. The lowest BCUT2D eigenvalue weighted by Gasteiger charge is -2.09. The molecule has 206 valence electrons. The van der Waals surface area contributed by atoms with Gasteiger partial charge in [-0.1, -0.05) is 65.8 Å². The van der Waals surface area contributed by atoms with Crippen LogP contribution in [0.2, 0.25) is 0 Å². The summed E-state index contributed by atoms with van der Waals surface area (Å²) in [7, 11) is 0. The first kappa shape index (κ1) is 26.8. The van der Waals surface area contributed by atoms with Gasteiger partial charge in [0.25, 0.3) is 0 Å². The Hall–Kier alpha value is -5.36. The Balaban J connectivity index is 1.47. The number of aromatic nitrogens is 1. The molecule has 0 aliphatic carbocycles. The molecular weight excluding hydrogens is 524 g/mol. The highest BCUT2D eigenvalue weighted by molar-refractivity contribution is 6.51. The molecule has 0 saturated carbocycles. The van der Waals surface area contributed by atoms with E-state index in [1.54, 1.807) is 12.1 Å². The molecule has 0 amide bonds. The Morgan fingerprint density at radius 1 is 0.714 bits per heavy atom. The van der Waals surface area contributed by atoms with Crippen LogP contribution >= 0.6 is 0 Å². The van der Waals surface area contributed by atoms with Crippen LogP contribution in [0.4, 0.5) is 0 Å². The number of benzene rings is 5. The van der Waals surface area contributed by atoms with Crippen molar-refractivity contribution < 1.29 is 19.2 Å². The smallest absolute Gasteiger partial charge is 0.332 e. The van der Waals surface area contributed by atoms with Crippen molar-refractivity contribution in [2.45, 2.75) is 27.3 Å². The average molecular weight is 553 g/mol. The van der Waals surface area contributed by atoms with E-state index in [4.69, 9.17) is 4.84 Å². The third-order valence-electron chi connectivity index (χ3n) is 7.60. The number of nitrogens with zero attached hydrogens (tertiary/aromatic N) is 2. The zero-order valence-corrected chi connectivity index (χ0v) is 23.5. The molecule has 0 fully saturated rings. The second-order valence-corrected chi connectivity index (χ2v) is 10.3. The van der Waals surface area contributed by atoms with Crippen LogP contribution in [0.25, 0.3) is 32.6 Å². The van der Waals surface area contributed by atoms with E-state index in [-0.39, 0.29) is 17.3 Å². The highest BCUT2D eigenvalue weighted by Crippen LogP contribution is 2.32. The average Bonchev–Trinajstić information content (AvgIpc) is 3.33. The van der Waals surface area contributed by atoms with Gasteiger partial charge in [-0.05, 0) is 72.6 Å². The van der Waals surface area contributed by atoms with Gasteiger partial charge in [0.1, 0.15) is 0 Å². The summed E-state index contributed by atoms with van der Waals surface area (Å²) in [6.45, 7) is 5.89. The zero-order valence-electron chi connectivity index (χ0n) is 23.5. The van der Waals surface area contributed by atoms with Gasteiger partial charge < -0.3 is 9.40 Å². The molecule has 0 unspecified atom stereocenters. The van der Waals surface area contributed by atoms with E-state index < -0.39 is 5.97 Å². The predicted octanol–water partition coefficient (Wildman–Crippen LogP) is 7.66. The van der Waals surface area contributed by atoms with Gasteiger partial charge in [-0.2, -0.15) is 0 Å². The third kappa shape index (κ3) is 4.77.